The Labute approximate surface area is 467 Å². The molecule has 20 heteroatoms. The van der Waals surface area contributed by atoms with Gasteiger partial charge in [-0.1, -0.05) is 93.0 Å². The van der Waals surface area contributed by atoms with Gasteiger partial charge in [0.2, 0.25) is 23.6 Å². The van der Waals surface area contributed by atoms with Crippen LogP contribution in [0.25, 0.3) is 26.6 Å². The number of nitrogens with zero attached hydrogens (tertiary/aromatic N) is 8. The summed E-state index contributed by atoms with van der Waals surface area (Å²) < 4.78 is 9.67. The Morgan fingerprint density at radius 1 is 0.885 bits per heavy atom. The molecule has 0 spiro atoms. The molecule has 5 atom stereocenters. The monoisotopic (exact) mass is 1110 g/mol. The van der Waals surface area contributed by atoms with E-state index in [0.29, 0.717) is 30.4 Å². The van der Waals surface area contributed by atoms with Gasteiger partial charge in [-0.2, -0.15) is 5.10 Å². The quantitative estimate of drug-likeness (QED) is 0.0565. The molecule has 1 fully saturated rings. The van der Waals surface area contributed by atoms with Gasteiger partial charge in [0.25, 0.3) is 0 Å². The summed E-state index contributed by atoms with van der Waals surface area (Å²) in [6, 6.07) is 20.9. The van der Waals surface area contributed by atoms with Gasteiger partial charge in [-0.3, -0.25) is 33.4 Å². The predicted octanol–water partition coefficient (Wildman–Crippen LogP) is 8.97. The summed E-state index contributed by atoms with van der Waals surface area (Å²) in [6.07, 6.45) is 4.54. The highest BCUT2D eigenvalue weighted by molar-refractivity contribution is 7.15. The number of nitrogens with one attached hydrogen (secondary N) is 3. The Morgan fingerprint density at radius 3 is 2.31 bits per heavy atom. The number of ether oxygens (including phenoxy) is 1. The van der Waals surface area contributed by atoms with E-state index in [0.717, 1.165) is 78.0 Å². The molecule has 17 nitrogen and oxygen atoms in total. The number of hydrogen-bond donors (Lipinski definition) is 4. The third kappa shape index (κ3) is 12.7. The largest absolute Gasteiger partial charge is 0.391 e. The lowest BCUT2D eigenvalue weighted by Crippen LogP contribution is -2.58. The van der Waals surface area contributed by atoms with Gasteiger partial charge in [-0.05, 0) is 92.8 Å². The maximum Gasteiger partial charge on any atom is 0.246 e. The van der Waals surface area contributed by atoms with Crippen LogP contribution in [0.2, 0.25) is 5.02 Å². The Hall–Kier alpha value is -6.90. The van der Waals surface area contributed by atoms with Crippen LogP contribution in [0, 0.1) is 33.1 Å². The van der Waals surface area contributed by atoms with Crippen LogP contribution in [0.5, 0.6) is 0 Å². The Kier molecular flexibility index (Phi) is 17.2. The number of fused-ring (bicyclic) bond motifs is 3. The molecule has 4 N–H and O–H groups in total. The van der Waals surface area contributed by atoms with E-state index >= 15 is 0 Å². The van der Waals surface area contributed by atoms with Gasteiger partial charge in [0.1, 0.15) is 35.6 Å². The lowest BCUT2D eigenvalue weighted by atomic mass is 9.85. The molecular formula is C58H66ClN11O6S2. The second kappa shape index (κ2) is 24.0. The fourth-order valence-corrected chi connectivity index (χ4v) is 12.1. The summed E-state index contributed by atoms with van der Waals surface area (Å²) in [5, 5.41) is 34.8. The molecular weight excluding hydrogens is 1050 g/mol. The Morgan fingerprint density at radius 2 is 1.60 bits per heavy atom. The fourth-order valence-electron chi connectivity index (χ4n) is 9.92. The van der Waals surface area contributed by atoms with Gasteiger partial charge in [0, 0.05) is 65.4 Å². The first-order valence-corrected chi connectivity index (χ1v) is 28.3. The van der Waals surface area contributed by atoms with Crippen LogP contribution in [0.15, 0.2) is 95.7 Å². The number of likely N-dealkylation sites (tertiary alicyclic amines) is 1. The van der Waals surface area contributed by atoms with Crippen molar-refractivity contribution in [3.05, 3.63) is 146 Å². The molecule has 9 rings (SSSR count). The fraction of sp³-hybridized carbons (Fsp3) is 0.397. The standard InChI is InChI=1S/C58H66ClN11O6S2/c1-33-36(4)78-57-50(33)51(41-19-21-44(59)22-20-41)64-46(54-67-66-37(5)70(54)57)26-48(72)63-34(2)39-15-17-40(18-16-39)43-28-62-68(29-43)23-9-10-24-76-31-49(73)65-53(58(6,7)8)56(75)69-30-45(71)25-47(69)55(74)60-27-38-11-13-42(14-12-38)52-35(3)61-32-77-52/h11-22,28-29,32,34,45-47,53,71H,9-10,23-27,30-31H2,1-8H3,(H,60,74)(H,63,72)(H,65,73)/t34-,45-,46+,47+,53-/m1/s1. The zero-order chi connectivity index (χ0) is 55.4. The number of halogens is 1. The van der Waals surface area contributed by atoms with Crippen LogP contribution in [0.4, 0.5) is 0 Å². The lowest BCUT2D eigenvalue weighted by molar-refractivity contribution is -0.144. The van der Waals surface area contributed by atoms with Crippen LogP contribution in [0.1, 0.15) is 115 Å². The van der Waals surface area contributed by atoms with E-state index in [-0.39, 0.29) is 50.4 Å². The average Bonchev–Trinajstić information content (AvgIpc) is 4.41. The predicted molar refractivity (Wildman–Crippen MR) is 304 cm³/mol. The van der Waals surface area contributed by atoms with Gasteiger partial charge in [-0.25, -0.2) is 4.98 Å². The molecule has 0 bridgehead atoms. The first-order chi connectivity index (χ1) is 37.3. The van der Waals surface area contributed by atoms with Gasteiger partial charge in [0.15, 0.2) is 5.82 Å². The minimum Gasteiger partial charge on any atom is -0.391 e. The summed E-state index contributed by atoms with van der Waals surface area (Å²) in [6.45, 7) is 16.6. The number of aliphatic hydroxyl groups is 1. The molecule has 408 valence electrons. The molecule has 78 heavy (non-hydrogen) atoms. The lowest BCUT2D eigenvalue weighted by Gasteiger charge is -2.35. The van der Waals surface area contributed by atoms with Crippen LogP contribution < -0.4 is 16.0 Å². The first-order valence-electron chi connectivity index (χ1n) is 26.2. The highest BCUT2D eigenvalue weighted by Crippen LogP contribution is 2.40. The van der Waals surface area contributed by atoms with Crippen LogP contribution in [0.3, 0.4) is 0 Å². The molecule has 4 amide bonds. The van der Waals surface area contributed by atoms with Crippen molar-refractivity contribution in [2.45, 2.75) is 124 Å². The number of benzene rings is 3. The minimum absolute atomic E-state index is 0.0136. The number of amides is 4. The number of aliphatic imine (C=N–C) groups is 1. The maximum atomic E-state index is 14.1. The summed E-state index contributed by atoms with van der Waals surface area (Å²) in [4.78, 5) is 67.8. The number of aryl methyl sites for hydroxylation is 4. The molecule has 0 unspecified atom stereocenters. The molecule has 2 aliphatic rings. The molecule has 3 aromatic carbocycles. The smallest absolute Gasteiger partial charge is 0.246 e. The van der Waals surface area contributed by atoms with E-state index in [4.69, 9.17) is 21.3 Å². The van der Waals surface area contributed by atoms with Crippen molar-refractivity contribution in [2.24, 2.45) is 10.4 Å². The van der Waals surface area contributed by atoms with Crippen molar-refractivity contribution in [3.8, 4) is 26.6 Å². The third-order valence-electron chi connectivity index (χ3n) is 14.4. The Bertz CT molecular complexity index is 3320. The van der Waals surface area contributed by atoms with Gasteiger partial charge in [-0.15, -0.1) is 32.9 Å². The van der Waals surface area contributed by atoms with Crippen molar-refractivity contribution in [2.75, 3.05) is 19.8 Å². The topological polar surface area (TPSA) is 211 Å². The highest BCUT2D eigenvalue weighted by Gasteiger charge is 2.44. The highest BCUT2D eigenvalue weighted by atomic mass is 35.5. The van der Waals surface area contributed by atoms with Gasteiger partial charge in [0.05, 0.1) is 46.6 Å². The molecule has 6 heterocycles. The van der Waals surface area contributed by atoms with Crippen molar-refractivity contribution >= 4 is 63.6 Å². The number of β-amino-alcohol motifs (C(OH)–C–C–N with tert-alkyl or cyclic N) is 1. The SMILES string of the molecule is Cc1ncsc1-c1ccc(CNC(=O)[C@@H]2C[C@@H](O)CN2C(=O)[C@@H](NC(=O)COCCCCn2cc(-c3ccc([C@@H](C)NC(=O)C[C@@H]4N=C(c5ccc(Cl)cc5)c5c(sc(C)c5C)-n5c(C)nnc54)cc3)cn2)C(C)(C)C)cc1. The molecule has 0 saturated carbocycles. The summed E-state index contributed by atoms with van der Waals surface area (Å²) in [5.41, 5.74) is 10.8. The summed E-state index contributed by atoms with van der Waals surface area (Å²) >= 11 is 9.53. The number of hydrogen-bond acceptors (Lipinski definition) is 13. The van der Waals surface area contributed by atoms with E-state index in [1.807, 2.05) is 141 Å². The Balaban J connectivity index is 0.720. The molecule has 4 aromatic heterocycles. The average molecular weight is 1110 g/mol. The molecule has 2 aliphatic heterocycles. The molecule has 1 saturated heterocycles. The number of thiophene rings is 1. The van der Waals surface area contributed by atoms with Gasteiger partial charge >= 0.3 is 0 Å². The van der Waals surface area contributed by atoms with Gasteiger partial charge < -0.3 is 30.7 Å². The zero-order valence-corrected chi connectivity index (χ0v) is 47.6. The van der Waals surface area contributed by atoms with Crippen molar-refractivity contribution < 1.29 is 29.0 Å². The van der Waals surface area contributed by atoms with Crippen molar-refractivity contribution in [1.82, 2.24) is 50.4 Å². The second-order valence-corrected chi connectivity index (χ2v) is 23.7. The second-order valence-electron chi connectivity index (χ2n) is 21.2. The zero-order valence-electron chi connectivity index (χ0n) is 45.2. The summed E-state index contributed by atoms with van der Waals surface area (Å²) in [7, 11) is 0. The third-order valence-corrected chi connectivity index (χ3v) is 16.8. The van der Waals surface area contributed by atoms with E-state index in [1.165, 1.54) is 9.78 Å². The number of unbranched alkanes of at least 4 members (excludes halogenated alkanes) is 1. The van der Waals surface area contributed by atoms with Crippen molar-refractivity contribution in [1.29, 1.82) is 0 Å². The normalized spacial score (nSPS) is 16.9. The van der Waals surface area contributed by atoms with E-state index in [9.17, 15) is 24.3 Å². The maximum absolute atomic E-state index is 14.1. The first kappa shape index (κ1) is 55.8. The number of rotatable bonds is 19. The van der Waals surface area contributed by atoms with Crippen LogP contribution in [-0.2, 0) is 37.0 Å². The number of aromatic nitrogens is 6. The molecule has 7 aromatic rings. The molecule has 0 radical (unpaired) electrons. The van der Waals surface area contributed by atoms with E-state index in [2.05, 4.69) is 50.1 Å². The van der Waals surface area contributed by atoms with Crippen LogP contribution >= 0.6 is 34.3 Å². The minimum atomic E-state index is -0.959. The van der Waals surface area contributed by atoms with Crippen LogP contribution in [-0.4, -0.2) is 107 Å². The summed E-state index contributed by atoms with van der Waals surface area (Å²) in [5.74, 6) is -0.0504. The van der Waals surface area contributed by atoms with E-state index in [1.54, 1.807) is 22.7 Å². The number of carbonyl (C=O) groups excluding carboxylic acids is 4. The molecule has 0 aliphatic carbocycles. The van der Waals surface area contributed by atoms with Crippen molar-refractivity contribution in [3.63, 3.8) is 0 Å². The number of thiazole rings is 1. The number of carbonyl (C=O) groups is 4. The number of aliphatic hydroxyl groups excluding tert-OH is 1. The van der Waals surface area contributed by atoms with E-state index < -0.39 is 41.5 Å².